The zero-order valence-corrected chi connectivity index (χ0v) is 12.1. The minimum Gasteiger partial charge on any atom is -0.488 e. The first kappa shape index (κ1) is 14.8. The van der Waals surface area contributed by atoms with Crippen molar-refractivity contribution < 1.29 is 9.13 Å². The van der Waals surface area contributed by atoms with E-state index in [2.05, 4.69) is 0 Å². The number of hydrogen-bond acceptors (Lipinski definition) is 2. The lowest BCUT2D eigenvalue weighted by atomic mass is 10.1. The molecule has 2 rings (SSSR count). The van der Waals surface area contributed by atoms with Crippen molar-refractivity contribution in [2.45, 2.75) is 20.0 Å². The lowest BCUT2D eigenvalue weighted by Crippen LogP contribution is -2.07. The third kappa shape index (κ3) is 3.30. The van der Waals surface area contributed by atoms with Crippen molar-refractivity contribution >= 4 is 11.6 Å². The van der Waals surface area contributed by atoms with Gasteiger partial charge >= 0.3 is 0 Å². The molecule has 0 fully saturated rings. The van der Waals surface area contributed by atoms with Gasteiger partial charge in [-0.1, -0.05) is 41.9 Å². The summed E-state index contributed by atoms with van der Waals surface area (Å²) in [6.07, 6.45) is 0.731. The van der Waals surface area contributed by atoms with Crippen LogP contribution in [0.25, 0.3) is 0 Å². The number of rotatable bonds is 5. The standard InChI is InChI=1S/C16H17ClFNO/c1-11-4-2-5-12(8-9-19)16(11)20-10-13-6-3-7-14(17)15(13)18/h2-7H,8-10,19H2,1H3. The number of hydrogen-bond donors (Lipinski definition) is 1. The smallest absolute Gasteiger partial charge is 0.148 e. The summed E-state index contributed by atoms with van der Waals surface area (Å²) in [6, 6.07) is 10.8. The van der Waals surface area contributed by atoms with Crippen LogP contribution in [-0.4, -0.2) is 6.54 Å². The van der Waals surface area contributed by atoms with E-state index < -0.39 is 5.82 Å². The molecule has 0 aliphatic carbocycles. The lowest BCUT2D eigenvalue weighted by Gasteiger charge is -2.14. The molecule has 0 unspecified atom stereocenters. The number of aryl methyl sites for hydroxylation is 1. The molecule has 2 aromatic rings. The molecule has 0 bridgehead atoms. The molecule has 0 saturated carbocycles. The average molecular weight is 294 g/mol. The van der Waals surface area contributed by atoms with Crippen molar-refractivity contribution in [3.63, 3.8) is 0 Å². The summed E-state index contributed by atoms with van der Waals surface area (Å²) in [7, 11) is 0. The van der Waals surface area contributed by atoms with Gasteiger partial charge in [0.2, 0.25) is 0 Å². The van der Waals surface area contributed by atoms with Crippen LogP contribution in [0.1, 0.15) is 16.7 Å². The fourth-order valence-corrected chi connectivity index (χ4v) is 2.28. The van der Waals surface area contributed by atoms with Crippen molar-refractivity contribution in [2.24, 2.45) is 5.73 Å². The monoisotopic (exact) mass is 293 g/mol. The molecule has 2 nitrogen and oxygen atoms in total. The Bertz CT molecular complexity index is 601. The zero-order chi connectivity index (χ0) is 14.5. The van der Waals surface area contributed by atoms with E-state index in [1.807, 2.05) is 25.1 Å². The Balaban J connectivity index is 2.20. The van der Waals surface area contributed by atoms with Crippen LogP contribution in [0, 0.1) is 12.7 Å². The van der Waals surface area contributed by atoms with Gasteiger partial charge in [0, 0.05) is 5.56 Å². The predicted octanol–water partition coefficient (Wildman–Crippen LogP) is 3.87. The van der Waals surface area contributed by atoms with Crippen molar-refractivity contribution in [1.29, 1.82) is 0 Å². The molecule has 106 valence electrons. The molecule has 0 heterocycles. The number of ether oxygens (including phenoxy) is 1. The summed E-state index contributed by atoms with van der Waals surface area (Å²) in [5.41, 5.74) is 8.09. The minimum absolute atomic E-state index is 0.109. The van der Waals surface area contributed by atoms with E-state index in [0.29, 0.717) is 12.1 Å². The molecule has 2 aromatic carbocycles. The van der Waals surface area contributed by atoms with Gasteiger partial charge in [-0.25, -0.2) is 4.39 Å². The second kappa shape index (κ2) is 6.73. The van der Waals surface area contributed by atoms with Gasteiger partial charge in [-0.05, 0) is 37.1 Å². The van der Waals surface area contributed by atoms with Gasteiger partial charge in [0.25, 0.3) is 0 Å². The number of benzene rings is 2. The molecular weight excluding hydrogens is 277 g/mol. The highest BCUT2D eigenvalue weighted by molar-refractivity contribution is 6.30. The van der Waals surface area contributed by atoms with Gasteiger partial charge < -0.3 is 10.5 Å². The molecule has 0 aliphatic rings. The van der Waals surface area contributed by atoms with Gasteiger partial charge in [-0.15, -0.1) is 0 Å². The quantitative estimate of drug-likeness (QED) is 0.908. The number of halogens is 2. The lowest BCUT2D eigenvalue weighted by molar-refractivity contribution is 0.295. The molecule has 20 heavy (non-hydrogen) atoms. The number of para-hydroxylation sites is 1. The fourth-order valence-electron chi connectivity index (χ4n) is 2.08. The first-order valence-corrected chi connectivity index (χ1v) is 6.85. The van der Waals surface area contributed by atoms with Crippen molar-refractivity contribution in [2.75, 3.05) is 6.54 Å². The van der Waals surface area contributed by atoms with Gasteiger partial charge in [0.15, 0.2) is 0 Å². The van der Waals surface area contributed by atoms with Gasteiger partial charge in [0.1, 0.15) is 18.2 Å². The Kier molecular flexibility index (Phi) is 4.99. The predicted molar refractivity (Wildman–Crippen MR) is 79.7 cm³/mol. The normalized spacial score (nSPS) is 10.6. The maximum atomic E-state index is 13.8. The summed E-state index contributed by atoms with van der Waals surface area (Å²) in [4.78, 5) is 0. The topological polar surface area (TPSA) is 35.2 Å². The van der Waals surface area contributed by atoms with E-state index in [4.69, 9.17) is 22.1 Å². The van der Waals surface area contributed by atoms with Crippen molar-refractivity contribution in [3.8, 4) is 5.75 Å². The fraction of sp³-hybridized carbons (Fsp3) is 0.250. The molecule has 2 N–H and O–H groups in total. The van der Waals surface area contributed by atoms with E-state index in [1.54, 1.807) is 12.1 Å². The molecule has 0 saturated heterocycles. The Morgan fingerprint density at radius 1 is 1.15 bits per heavy atom. The van der Waals surface area contributed by atoms with Gasteiger partial charge in [-0.2, -0.15) is 0 Å². The zero-order valence-electron chi connectivity index (χ0n) is 11.3. The highest BCUT2D eigenvalue weighted by Crippen LogP contribution is 2.26. The first-order valence-electron chi connectivity index (χ1n) is 6.47. The summed E-state index contributed by atoms with van der Waals surface area (Å²) in [6.45, 7) is 2.66. The number of nitrogens with two attached hydrogens (primary N) is 1. The second-order valence-electron chi connectivity index (χ2n) is 4.60. The Morgan fingerprint density at radius 2 is 1.85 bits per heavy atom. The maximum absolute atomic E-state index is 13.8. The van der Waals surface area contributed by atoms with Crippen LogP contribution >= 0.6 is 11.6 Å². The van der Waals surface area contributed by atoms with Crippen LogP contribution in [-0.2, 0) is 13.0 Å². The second-order valence-corrected chi connectivity index (χ2v) is 5.01. The van der Waals surface area contributed by atoms with Crippen LogP contribution in [0.3, 0.4) is 0 Å². The van der Waals surface area contributed by atoms with E-state index in [-0.39, 0.29) is 11.6 Å². The SMILES string of the molecule is Cc1cccc(CCN)c1OCc1cccc(Cl)c1F. The van der Waals surface area contributed by atoms with E-state index in [0.717, 1.165) is 23.3 Å². The van der Waals surface area contributed by atoms with Crippen LogP contribution in [0.2, 0.25) is 5.02 Å². The summed E-state index contributed by atoms with van der Waals surface area (Å²) in [5, 5.41) is 0.109. The summed E-state index contributed by atoms with van der Waals surface area (Å²) < 4.78 is 19.6. The van der Waals surface area contributed by atoms with Crippen molar-refractivity contribution in [3.05, 3.63) is 63.9 Å². The Labute approximate surface area is 123 Å². The third-order valence-corrected chi connectivity index (χ3v) is 3.40. The van der Waals surface area contributed by atoms with E-state index >= 15 is 0 Å². The largest absolute Gasteiger partial charge is 0.488 e. The summed E-state index contributed by atoms with van der Waals surface area (Å²) in [5.74, 6) is 0.348. The van der Waals surface area contributed by atoms with Gasteiger partial charge in [-0.3, -0.25) is 0 Å². The highest BCUT2D eigenvalue weighted by Gasteiger charge is 2.10. The van der Waals surface area contributed by atoms with E-state index in [9.17, 15) is 4.39 Å². The first-order chi connectivity index (χ1) is 9.63. The van der Waals surface area contributed by atoms with Crippen LogP contribution in [0.4, 0.5) is 4.39 Å². The Hall–Kier alpha value is -1.58. The van der Waals surface area contributed by atoms with E-state index in [1.165, 1.54) is 6.07 Å². The molecule has 0 amide bonds. The molecule has 0 aliphatic heterocycles. The third-order valence-electron chi connectivity index (χ3n) is 3.11. The Morgan fingerprint density at radius 3 is 2.60 bits per heavy atom. The average Bonchev–Trinajstić information content (AvgIpc) is 2.43. The van der Waals surface area contributed by atoms with Crippen LogP contribution < -0.4 is 10.5 Å². The summed E-state index contributed by atoms with van der Waals surface area (Å²) >= 11 is 5.76. The maximum Gasteiger partial charge on any atom is 0.148 e. The van der Waals surface area contributed by atoms with Gasteiger partial charge in [0.05, 0.1) is 5.02 Å². The van der Waals surface area contributed by atoms with Crippen LogP contribution in [0.5, 0.6) is 5.75 Å². The molecule has 0 spiro atoms. The molecule has 4 heteroatoms. The van der Waals surface area contributed by atoms with Crippen molar-refractivity contribution in [1.82, 2.24) is 0 Å². The van der Waals surface area contributed by atoms with Crippen LogP contribution in [0.15, 0.2) is 36.4 Å². The molecular formula is C16H17ClFNO. The molecule has 0 aromatic heterocycles. The minimum atomic E-state index is -0.428. The molecule has 0 radical (unpaired) electrons. The molecule has 0 atom stereocenters. The highest BCUT2D eigenvalue weighted by atomic mass is 35.5.